The highest BCUT2D eigenvalue weighted by atomic mass is 14.5. The molecule has 2 fully saturated rings. The summed E-state index contributed by atoms with van der Waals surface area (Å²) >= 11 is 0. The van der Waals surface area contributed by atoms with E-state index in [0.717, 1.165) is 17.3 Å². The van der Waals surface area contributed by atoms with Crippen LogP contribution in [0.1, 0.15) is 67.2 Å². The summed E-state index contributed by atoms with van der Waals surface area (Å²) < 4.78 is 0. The van der Waals surface area contributed by atoms with Gasteiger partial charge in [0.1, 0.15) is 0 Å². The van der Waals surface area contributed by atoms with Gasteiger partial charge in [-0.25, -0.2) is 0 Å². The number of fused-ring (bicyclic) bond motifs is 2. The molecule has 0 N–H and O–H groups in total. The van der Waals surface area contributed by atoms with E-state index >= 15 is 0 Å². The van der Waals surface area contributed by atoms with Crippen molar-refractivity contribution in [1.82, 2.24) is 0 Å². The van der Waals surface area contributed by atoms with Gasteiger partial charge in [-0.3, -0.25) is 0 Å². The molecule has 0 nitrogen and oxygen atoms in total. The third-order valence-corrected chi connectivity index (χ3v) is 3.83. The summed E-state index contributed by atoms with van der Waals surface area (Å²) in [5.41, 5.74) is 0.722. The van der Waals surface area contributed by atoms with Crippen LogP contribution in [0.2, 0.25) is 0 Å². The molecule has 0 saturated heterocycles. The zero-order valence-electron chi connectivity index (χ0n) is 10.5. The second kappa shape index (κ2) is 5.67. The van der Waals surface area contributed by atoms with Gasteiger partial charge in [0, 0.05) is 0 Å². The van der Waals surface area contributed by atoms with E-state index in [1.165, 1.54) is 25.7 Å². The van der Waals surface area contributed by atoms with Crippen LogP contribution in [0.25, 0.3) is 0 Å². The van der Waals surface area contributed by atoms with Gasteiger partial charge in [0.15, 0.2) is 0 Å². The van der Waals surface area contributed by atoms with Crippen molar-refractivity contribution in [2.75, 3.05) is 0 Å². The Balaban J connectivity index is 0.000000322. The molecule has 0 aromatic heterocycles. The summed E-state index contributed by atoms with van der Waals surface area (Å²) in [4.78, 5) is 0. The molecule has 0 aromatic carbocycles. The van der Waals surface area contributed by atoms with Gasteiger partial charge in [-0.1, -0.05) is 41.5 Å². The van der Waals surface area contributed by atoms with Crippen LogP contribution in [-0.4, -0.2) is 0 Å². The fourth-order valence-corrected chi connectivity index (χ4v) is 2.91. The smallest absolute Gasteiger partial charge is 0.0298 e. The summed E-state index contributed by atoms with van der Waals surface area (Å²) in [5.74, 6) is 2.17. The molecule has 0 radical (unpaired) electrons. The van der Waals surface area contributed by atoms with Crippen molar-refractivity contribution >= 4 is 0 Å². The molecule has 0 heterocycles. The average Bonchev–Trinajstić information content (AvgIpc) is 2.64. The second-order valence-corrected chi connectivity index (χ2v) is 4.37. The molecule has 0 aliphatic heterocycles. The van der Waals surface area contributed by atoms with Crippen LogP contribution in [0, 0.1) is 17.3 Å². The van der Waals surface area contributed by atoms with Gasteiger partial charge in [0.05, 0.1) is 0 Å². The van der Waals surface area contributed by atoms with E-state index < -0.39 is 0 Å². The monoisotopic (exact) mass is 184 g/mol. The molecule has 0 atom stereocenters. The molecule has 0 unspecified atom stereocenters. The maximum atomic E-state index is 2.46. The standard InChI is InChI=1S/C9H16.2C2H6/c1-9(2)7-3-4-8(9)6-5-7;2*1-2/h7-8H,3-6H2,1-2H3;2*1-2H3. The summed E-state index contributed by atoms with van der Waals surface area (Å²) in [6.45, 7) is 12.9. The van der Waals surface area contributed by atoms with Gasteiger partial charge < -0.3 is 0 Å². The van der Waals surface area contributed by atoms with Crippen molar-refractivity contribution in [2.45, 2.75) is 67.2 Å². The highest BCUT2D eigenvalue weighted by Gasteiger charge is 2.47. The first-order valence-electron chi connectivity index (χ1n) is 6.21. The first-order valence-corrected chi connectivity index (χ1v) is 6.21. The highest BCUT2D eigenvalue weighted by Crippen LogP contribution is 2.57. The van der Waals surface area contributed by atoms with Crippen LogP contribution in [0.4, 0.5) is 0 Å². The average molecular weight is 184 g/mol. The van der Waals surface area contributed by atoms with E-state index in [2.05, 4.69) is 13.8 Å². The van der Waals surface area contributed by atoms with Crippen molar-refractivity contribution in [3.63, 3.8) is 0 Å². The van der Waals surface area contributed by atoms with Crippen LogP contribution in [-0.2, 0) is 0 Å². The van der Waals surface area contributed by atoms with Gasteiger partial charge in [-0.05, 0) is 42.9 Å². The van der Waals surface area contributed by atoms with Crippen LogP contribution < -0.4 is 0 Å². The molecule has 2 aliphatic carbocycles. The summed E-state index contributed by atoms with van der Waals surface area (Å²) in [5, 5.41) is 0. The van der Waals surface area contributed by atoms with E-state index in [-0.39, 0.29) is 0 Å². The molecular formula is C13H28. The fraction of sp³-hybridized carbons (Fsp3) is 1.00. The lowest BCUT2D eigenvalue weighted by atomic mass is 9.82. The van der Waals surface area contributed by atoms with E-state index in [1.807, 2.05) is 27.7 Å². The minimum atomic E-state index is 0.722. The summed E-state index contributed by atoms with van der Waals surface area (Å²) in [6, 6.07) is 0. The Morgan fingerprint density at radius 3 is 1.00 bits per heavy atom. The number of hydrogen-bond acceptors (Lipinski definition) is 0. The lowest BCUT2D eigenvalue weighted by molar-refractivity contribution is 0.260. The topological polar surface area (TPSA) is 0 Å². The van der Waals surface area contributed by atoms with Crippen LogP contribution >= 0.6 is 0 Å². The van der Waals surface area contributed by atoms with E-state index in [1.54, 1.807) is 0 Å². The first-order chi connectivity index (χ1) is 6.21. The second-order valence-electron chi connectivity index (χ2n) is 4.37. The predicted molar refractivity (Wildman–Crippen MR) is 61.9 cm³/mol. The highest BCUT2D eigenvalue weighted by molar-refractivity contribution is 4.97. The Morgan fingerprint density at radius 1 is 0.692 bits per heavy atom. The van der Waals surface area contributed by atoms with Gasteiger partial charge in [0.2, 0.25) is 0 Å². The molecule has 13 heavy (non-hydrogen) atoms. The molecule has 0 amide bonds. The zero-order valence-corrected chi connectivity index (χ0v) is 10.5. The van der Waals surface area contributed by atoms with Crippen molar-refractivity contribution in [2.24, 2.45) is 17.3 Å². The Bertz CT molecular complexity index is 102. The van der Waals surface area contributed by atoms with Crippen molar-refractivity contribution < 1.29 is 0 Å². The van der Waals surface area contributed by atoms with E-state index in [0.29, 0.717) is 0 Å². The van der Waals surface area contributed by atoms with Crippen LogP contribution in [0.3, 0.4) is 0 Å². The van der Waals surface area contributed by atoms with Crippen molar-refractivity contribution in [1.29, 1.82) is 0 Å². The summed E-state index contributed by atoms with van der Waals surface area (Å²) in [7, 11) is 0. The lowest BCUT2D eigenvalue weighted by Gasteiger charge is -2.23. The largest absolute Gasteiger partial charge is 0.0683 e. The maximum absolute atomic E-state index is 2.46. The van der Waals surface area contributed by atoms with Gasteiger partial charge in [0.25, 0.3) is 0 Å². The molecule has 0 aromatic rings. The normalized spacial score (nSPS) is 32.8. The maximum Gasteiger partial charge on any atom is -0.0298 e. The summed E-state index contributed by atoms with van der Waals surface area (Å²) in [6.07, 6.45) is 6.10. The predicted octanol–water partition coefficient (Wildman–Crippen LogP) is 4.89. The molecule has 2 aliphatic rings. The Morgan fingerprint density at radius 2 is 0.923 bits per heavy atom. The molecule has 0 heteroatoms. The van der Waals surface area contributed by atoms with Crippen molar-refractivity contribution in [3.8, 4) is 0 Å². The lowest BCUT2D eigenvalue weighted by Crippen LogP contribution is -2.16. The van der Waals surface area contributed by atoms with Gasteiger partial charge in [-0.2, -0.15) is 0 Å². The SMILES string of the molecule is CC.CC.CC1(C)C2CCC1CC2. The number of hydrogen-bond donors (Lipinski definition) is 0. The Labute approximate surface area is 85.1 Å². The van der Waals surface area contributed by atoms with Gasteiger partial charge in [-0.15, -0.1) is 0 Å². The molecule has 2 bridgehead atoms. The molecule has 2 saturated carbocycles. The molecule has 2 rings (SSSR count). The zero-order chi connectivity index (χ0) is 10.5. The Hall–Kier alpha value is 0. The van der Waals surface area contributed by atoms with Crippen molar-refractivity contribution in [3.05, 3.63) is 0 Å². The quantitative estimate of drug-likeness (QED) is 0.503. The minimum absolute atomic E-state index is 0.722. The van der Waals surface area contributed by atoms with Crippen LogP contribution in [0.15, 0.2) is 0 Å². The molecule has 0 spiro atoms. The molecular weight excluding hydrogens is 156 g/mol. The third-order valence-electron chi connectivity index (χ3n) is 3.83. The van der Waals surface area contributed by atoms with Gasteiger partial charge >= 0.3 is 0 Å². The molecule has 80 valence electrons. The third kappa shape index (κ3) is 2.48. The minimum Gasteiger partial charge on any atom is -0.0683 e. The number of rotatable bonds is 0. The van der Waals surface area contributed by atoms with E-state index in [9.17, 15) is 0 Å². The fourth-order valence-electron chi connectivity index (χ4n) is 2.91. The van der Waals surface area contributed by atoms with Crippen LogP contribution in [0.5, 0.6) is 0 Å². The first kappa shape index (κ1) is 13.0. The van der Waals surface area contributed by atoms with E-state index in [4.69, 9.17) is 0 Å². The Kier molecular flexibility index (Phi) is 5.67.